The lowest BCUT2D eigenvalue weighted by atomic mass is 10.1. The number of carbonyl (C=O) groups is 1. The molecule has 3 rings (SSSR count). The molecule has 7 heteroatoms. The summed E-state index contributed by atoms with van der Waals surface area (Å²) in [5.41, 5.74) is 1.45. The molecule has 0 aliphatic carbocycles. The maximum Gasteiger partial charge on any atom is 0.269 e. The Labute approximate surface area is 144 Å². The lowest BCUT2D eigenvalue weighted by molar-refractivity contribution is -0.384. The zero-order chi connectivity index (χ0) is 17.8. The smallest absolute Gasteiger partial charge is 0.269 e. The average Bonchev–Trinajstić information content (AvgIpc) is 2.63. The van der Waals surface area contributed by atoms with Gasteiger partial charge in [0.2, 0.25) is 0 Å². The summed E-state index contributed by atoms with van der Waals surface area (Å²) in [4.78, 5) is 26.8. The van der Waals surface area contributed by atoms with E-state index >= 15 is 0 Å². The van der Waals surface area contributed by atoms with Crippen LogP contribution in [0.1, 0.15) is 15.9 Å². The number of piperazine rings is 1. The molecule has 1 amide bonds. The Balaban J connectivity index is 1.56. The molecule has 1 aliphatic heterocycles. The van der Waals surface area contributed by atoms with Crippen molar-refractivity contribution in [3.05, 3.63) is 75.6 Å². The van der Waals surface area contributed by atoms with Gasteiger partial charge in [-0.25, -0.2) is 4.39 Å². The van der Waals surface area contributed by atoms with Gasteiger partial charge in [-0.2, -0.15) is 0 Å². The Hall–Kier alpha value is -2.80. The summed E-state index contributed by atoms with van der Waals surface area (Å²) < 4.78 is 13.0. The molecule has 1 aliphatic rings. The molecular formula is C18H18FN3O3. The van der Waals surface area contributed by atoms with E-state index in [-0.39, 0.29) is 17.4 Å². The molecule has 0 aromatic heterocycles. The first-order valence-electron chi connectivity index (χ1n) is 8.03. The Morgan fingerprint density at radius 3 is 2.40 bits per heavy atom. The van der Waals surface area contributed by atoms with Crippen LogP contribution in [-0.2, 0) is 6.54 Å². The van der Waals surface area contributed by atoms with E-state index in [1.807, 2.05) is 6.07 Å². The van der Waals surface area contributed by atoms with Crippen LogP contribution in [0.15, 0.2) is 48.5 Å². The molecule has 1 heterocycles. The van der Waals surface area contributed by atoms with Crippen LogP contribution in [-0.4, -0.2) is 46.8 Å². The first-order valence-corrected chi connectivity index (χ1v) is 8.03. The van der Waals surface area contributed by atoms with Gasteiger partial charge in [0.25, 0.3) is 11.6 Å². The van der Waals surface area contributed by atoms with Crippen molar-refractivity contribution in [3.8, 4) is 0 Å². The van der Waals surface area contributed by atoms with E-state index in [0.29, 0.717) is 38.3 Å². The summed E-state index contributed by atoms with van der Waals surface area (Å²) in [6.45, 7) is 3.14. The minimum absolute atomic E-state index is 0.0858. The number of non-ortho nitro benzene ring substituents is 1. The van der Waals surface area contributed by atoms with Gasteiger partial charge in [-0.1, -0.05) is 12.1 Å². The standard InChI is InChI=1S/C18H18FN3O3/c19-16-6-4-15(5-7-16)18(23)21-10-8-20(9-11-21)13-14-2-1-3-17(12-14)22(24)25/h1-7,12H,8-11,13H2. The lowest BCUT2D eigenvalue weighted by Gasteiger charge is -2.34. The van der Waals surface area contributed by atoms with Crippen molar-refractivity contribution in [3.63, 3.8) is 0 Å². The van der Waals surface area contributed by atoms with Crippen LogP contribution < -0.4 is 0 Å². The highest BCUT2D eigenvalue weighted by atomic mass is 19.1. The molecule has 0 N–H and O–H groups in total. The second kappa shape index (κ2) is 7.40. The SMILES string of the molecule is O=C(c1ccc(F)cc1)N1CCN(Cc2cccc([N+](=O)[O-])c2)CC1. The lowest BCUT2D eigenvalue weighted by Crippen LogP contribution is -2.48. The second-order valence-electron chi connectivity index (χ2n) is 6.00. The number of benzene rings is 2. The number of amides is 1. The Morgan fingerprint density at radius 2 is 1.76 bits per heavy atom. The van der Waals surface area contributed by atoms with Gasteiger partial charge >= 0.3 is 0 Å². The van der Waals surface area contributed by atoms with Gasteiger partial charge in [0, 0.05) is 50.4 Å². The summed E-state index contributed by atoms with van der Waals surface area (Å²) in [7, 11) is 0. The molecule has 1 fully saturated rings. The monoisotopic (exact) mass is 343 g/mol. The predicted molar refractivity (Wildman–Crippen MR) is 90.7 cm³/mol. The van der Waals surface area contributed by atoms with Gasteiger partial charge in [-0.05, 0) is 29.8 Å². The number of hydrogen-bond donors (Lipinski definition) is 0. The third-order valence-electron chi connectivity index (χ3n) is 4.28. The van der Waals surface area contributed by atoms with Crippen molar-refractivity contribution in [2.24, 2.45) is 0 Å². The summed E-state index contributed by atoms with van der Waals surface area (Å²) in [6.07, 6.45) is 0. The quantitative estimate of drug-likeness (QED) is 0.632. The minimum Gasteiger partial charge on any atom is -0.336 e. The van der Waals surface area contributed by atoms with Crippen LogP contribution >= 0.6 is 0 Å². The van der Waals surface area contributed by atoms with Crippen molar-refractivity contribution >= 4 is 11.6 Å². The molecule has 0 saturated carbocycles. The van der Waals surface area contributed by atoms with Crippen LogP contribution in [0, 0.1) is 15.9 Å². The normalized spacial score (nSPS) is 15.2. The number of hydrogen-bond acceptors (Lipinski definition) is 4. The topological polar surface area (TPSA) is 66.7 Å². The van der Waals surface area contributed by atoms with E-state index in [0.717, 1.165) is 5.56 Å². The van der Waals surface area contributed by atoms with Crippen LogP contribution in [0.2, 0.25) is 0 Å². The van der Waals surface area contributed by atoms with Gasteiger partial charge < -0.3 is 4.90 Å². The molecular weight excluding hydrogens is 325 g/mol. The fourth-order valence-electron chi connectivity index (χ4n) is 2.91. The van der Waals surface area contributed by atoms with E-state index in [4.69, 9.17) is 0 Å². The van der Waals surface area contributed by atoms with E-state index in [2.05, 4.69) is 4.90 Å². The predicted octanol–water partition coefficient (Wildman–Crippen LogP) is 2.69. The van der Waals surface area contributed by atoms with Crippen LogP contribution in [0.25, 0.3) is 0 Å². The summed E-state index contributed by atoms with van der Waals surface area (Å²) in [5, 5.41) is 10.8. The summed E-state index contributed by atoms with van der Waals surface area (Å²) >= 11 is 0. The highest BCUT2D eigenvalue weighted by Gasteiger charge is 2.22. The zero-order valence-corrected chi connectivity index (χ0v) is 13.6. The van der Waals surface area contributed by atoms with Gasteiger partial charge in [0.1, 0.15) is 5.82 Å². The molecule has 130 valence electrons. The Kier molecular flexibility index (Phi) is 5.04. The van der Waals surface area contributed by atoms with E-state index in [1.54, 1.807) is 17.0 Å². The summed E-state index contributed by atoms with van der Waals surface area (Å²) in [6, 6.07) is 12.2. The van der Waals surface area contributed by atoms with Gasteiger partial charge in [0.15, 0.2) is 0 Å². The number of halogens is 1. The average molecular weight is 343 g/mol. The summed E-state index contributed by atoms with van der Waals surface area (Å²) in [5.74, 6) is -0.465. The van der Waals surface area contributed by atoms with Crippen molar-refractivity contribution in [1.29, 1.82) is 0 Å². The maximum atomic E-state index is 13.0. The number of nitro benzene ring substituents is 1. The van der Waals surface area contributed by atoms with Crippen molar-refractivity contribution < 1.29 is 14.1 Å². The van der Waals surface area contributed by atoms with Crippen LogP contribution in [0.4, 0.5) is 10.1 Å². The molecule has 0 unspecified atom stereocenters. The van der Waals surface area contributed by atoms with Crippen molar-refractivity contribution in [2.45, 2.75) is 6.54 Å². The van der Waals surface area contributed by atoms with Gasteiger partial charge in [-0.3, -0.25) is 19.8 Å². The molecule has 0 atom stereocenters. The van der Waals surface area contributed by atoms with Gasteiger partial charge in [-0.15, -0.1) is 0 Å². The Morgan fingerprint density at radius 1 is 1.08 bits per heavy atom. The highest BCUT2D eigenvalue weighted by Crippen LogP contribution is 2.16. The van der Waals surface area contributed by atoms with Crippen molar-refractivity contribution in [2.75, 3.05) is 26.2 Å². The molecule has 0 radical (unpaired) electrons. The second-order valence-corrected chi connectivity index (χ2v) is 6.00. The number of nitrogens with zero attached hydrogens (tertiary/aromatic N) is 3. The van der Waals surface area contributed by atoms with Crippen LogP contribution in [0.3, 0.4) is 0 Å². The van der Waals surface area contributed by atoms with Crippen LogP contribution in [0.5, 0.6) is 0 Å². The van der Waals surface area contributed by atoms with E-state index in [9.17, 15) is 19.3 Å². The first kappa shape index (κ1) is 17.0. The largest absolute Gasteiger partial charge is 0.336 e. The molecule has 25 heavy (non-hydrogen) atoms. The molecule has 2 aromatic rings. The fourth-order valence-corrected chi connectivity index (χ4v) is 2.91. The third kappa shape index (κ3) is 4.19. The number of carbonyl (C=O) groups excluding carboxylic acids is 1. The first-order chi connectivity index (χ1) is 12.0. The molecule has 2 aromatic carbocycles. The zero-order valence-electron chi connectivity index (χ0n) is 13.6. The molecule has 6 nitrogen and oxygen atoms in total. The number of rotatable bonds is 4. The maximum absolute atomic E-state index is 13.0. The highest BCUT2D eigenvalue weighted by molar-refractivity contribution is 5.94. The molecule has 1 saturated heterocycles. The fraction of sp³-hybridized carbons (Fsp3) is 0.278. The van der Waals surface area contributed by atoms with E-state index < -0.39 is 4.92 Å². The molecule has 0 bridgehead atoms. The Bertz CT molecular complexity index is 771. The van der Waals surface area contributed by atoms with Crippen molar-refractivity contribution in [1.82, 2.24) is 9.80 Å². The van der Waals surface area contributed by atoms with E-state index in [1.165, 1.54) is 30.3 Å². The third-order valence-corrected chi connectivity index (χ3v) is 4.28. The number of nitro groups is 1. The minimum atomic E-state index is -0.400. The molecule has 0 spiro atoms. The van der Waals surface area contributed by atoms with Gasteiger partial charge in [0.05, 0.1) is 4.92 Å².